The summed E-state index contributed by atoms with van der Waals surface area (Å²) in [6.07, 6.45) is 0. The second-order valence-electron chi connectivity index (χ2n) is 1.91. The average Bonchev–Trinajstić information content (AvgIpc) is 1.80. The Balaban J connectivity index is 3.17. The molecule has 2 N–H and O–H groups in total. The van der Waals surface area contributed by atoms with E-state index < -0.39 is 0 Å². The molecule has 44 valence electrons. The Hall–Kier alpha value is -0.985. The van der Waals surface area contributed by atoms with Gasteiger partial charge in [0.2, 0.25) is 0 Å². The zero-order valence-electron chi connectivity index (χ0n) is 5.26. The van der Waals surface area contributed by atoms with Gasteiger partial charge in [-0.25, -0.2) is 0 Å². The van der Waals surface area contributed by atoms with Gasteiger partial charge in [-0.05, 0) is 24.6 Å². The zero-order chi connectivity index (χ0) is 6.85. The molecule has 0 aliphatic heterocycles. The van der Waals surface area contributed by atoms with Crippen LogP contribution in [-0.4, -0.2) is 12.8 Å². The minimum absolute atomic E-state index is 0.515. The lowest BCUT2D eigenvalue weighted by Crippen LogP contribution is -2.09. The first-order valence-corrected chi connectivity index (χ1v) is 2.69. The molecule has 0 bridgehead atoms. The van der Waals surface area contributed by atoms with Crippen molar-refractivity contribution in [3.8, 4) is 0 Å². The van der Waals surface area contributed by atoms with Gasteiger partial charge < -0.3 is 5.73 Å². The van der Waals surface area contributed by atoms with Gasteiger partial charge in [-0.1, -0.05) is 0 Å². The number of aryl methyl sites for hydroxylation is 1. The largest absolute Gasteiger partial charge is 0.397 e. The Morgan fingerprint density at radius 3 is 2.67 bits per heavy atom. The summed E-state index contributed by atoms with van der Waals surface area (Å²) in [5.74, 6) is 0. The van der Waals surface area contributed by atoms with Crippen molar-refractivity contribution >= 4 is 19.1 Å². The zero-order valence-corrected chi connectivity index (χ0v) is 5.26. The molecule has 1 aromatic rings. The maximum Gasteiger partial charge on any atom is 0.141 e. The second-order valence-corrected chi connectivity index (χ2v) is 1.91. The summed E-state index contributed by atoms with van der Waals surface area (Å²) in [5.41, 5.74) is 7.46. The highest BCUT2D eigenvalue weighted by Gasteiger charge is 1.91. The first-order valence-electron chi connectivity index (χ1n) is 2.69. The van der Waals surface area contributed by atoms with Crippen LogP contribution in [0.4, 0.5) is 5.69 Å². The summed E-state index contributed by atoms with van der Waals surface area (Å²) in [4.78, 5) is 3.93. The molecule has 0 saturated carbocycles. The van der Waals surface area contributed by atoms with Gasteiger partial charge in [-0.15, -0.1) is 0 Å². The SMILES string of the molecule is [B]c1ccc(N)c(C)n1. The van der Waals surface area contributed by atoms with E-state index in [-0.39, 0.29) is 0 Å². The number of nitrogens with zero attached hydrogens (tertiary/aromatic N) is 1. The Labute approximate surface area is 55.5 Å². The van der Waals surface area contributed by atoms with E-state index in [0.29, 0.717) is 11.3 Å². The molecule has 0 amide bonds. The quantitative estimate of drug-likeness (QED) is 0.477. The molecule has 0 saturated heterocycles. The van der Waals surface area contributed by atoms with Crippen molar-refractivity contribution in [1.29, 1.82) is 0 Å². The van der Waals surface area contributed by atoms with E-state index in [0.717, 1.165) is 5.69 Å². The van der Waals surface area contributed by atoms with Crippen LogP contribution in [0.3, 0.4) is 0 Å². The number of pyridine rings is 1. The molecule has 0 aromatic carbocycles. The Morgan fingerprint density at radius 1 is 1.56 bits per heavy atom. The molecule has 2 radical (unpaired) electrons. The van der Waals surface area contributed by atoms with Crippen LogP contribution in [0.1, 0.15) is 5.69 Å². The first kappa shape index (κ1) is 6.14. The maximum atomic E-state index is 5.47. The fourth-order valence-corrected chi connectivity index (χ4v) is 0.591. The van der Waals surface area contributed by atoms with E-state index in [1.54, 1.807) is 12.1 Å². The highest BCUT2D eigenvalue weighted by molar-refractivity contribution is 6.30. The summed E-state index contributed by atoms with van der Waals surface area (Å²) >= 11 is 0. The van der Waals surface area contributed by atoms with E-state index in [1.165, 1.54) is 0 Å². The van der Waals surface area contributed by atoms with Crippen LogP contribution in [0, 0.1) is 6.92 Å². The van der Waals surface area contributed by atoms with Crippen LogP contribution >= 0.6 is 0 Å². The lowest BCUT2D eigenvalue weighted by molar-refractivity contribution is 1.24. The van der Waals surface area contributed by atoms with E-state index in [2.05, 4.69) is 4.98 Å². The van der Waals surface area contributed by atoms with Crippen molar-refractivity contribution in [2.24, 2.45) is 0 Å². The number of hydrogen-bond acceptors (Lipinski definition) is 2. The van der Waals surface area contributed by atoms with Gasteiger partial charge >= 0.3 is 0 Å². The van der Waals surface area contributed by atoms with Crippen LogP contribution in [0.5, 0.6) is 0 Å². The molecule has 0 unspecified atom stereocenters. The van der Waals surface area contributed by atoms with Crippen LogP contribution in [0.2, 0.25) is 0 Å². The van der Waals surface area contributed by atoms with Crippen molar-refractivity contribution < 1.29 is 0 Å². The molecule has 9 heavy (non-hydrogen) atoms. The molecule has 1 aromatic heterocycles. The highest BCUT2D eigenvalue weighted by atomic mass is 14.7. The standard InChI is InChI=1S/C6H7BN2/c1-4-5(8)2-3-6(7)9-4/h2-3H,8H2,1H3. The lowest BCUT2D eigenvalue weighted by atomic mass is 10.0. The third kappa shape index (κ3) is 1.22. The molecular weight excluding hydrogens is 111 g/mol. The molecule has 1 rings (SSSR count). The molecule has 0 aliphatic carbocycles. The van der Waals surface area contributed by atoms with Crippen LogP contribution in [0.25, 0.3) is 0 Å². The van der Waals surface area contributed by atoms with E-state index in [4.69, 9.17) is 13.6 Å². The number of nitrogen functional groups attached to an aromatic ring is 1. The topological polar surface area (TPSA) is 38.9 Å². The molecule has 3 heteroatoms. The van der Waals surface area contributed by atoms with E-state index >= 15 is 0 Å². The van der Waals surface area contributed by atoms with E-state index in [9.17, 15) is 0 Å². The second kappa shape index (κ2) is 2.09. The number of anilines is 1. The lowest BCUT2D eigenvalue weighted by Gasteiger charge is -1.97. The number of rotatable bonds is 0. The van der Waals surface area contributed by atoms with Gasteiger partial charge in [-0.2, -0.15) is 0 Å². The maximum absolute atomic E-state index is 5.47. The monoisotopic (exact) mass is 118 g/mol. The molecule has 0 aliphatic rings. The fraction of sp³-hybridized carbons (Fsp3) is 0.167. The van der Waals surface area contributed by atoms with Gasteiger partial charge in [-0.3, -0.25) is 4.98 Å². The third-order valence-corrected chi connectivity index (χ3v) is 1.15. The van der Waals surface area contributed by atoms with Crippen LogP contribution in [-0.2, 0) is 0 Å². The summed E-state index contributed by atoms with van der Waals surface area (Å²) in [5, 5.41) is 0. The third-order valence-electron chi connectivity index (χ3n) is 1.15. The van der Waals surface area contributed by atoms with Crippen molar-refractivity contribution in [2.45, 2.75) is 6.92 Å². The van der Waals surface area contributed by atoms with Crippen LogP contribution < -0.4 is 11.3 Å². The predicted octanol–water partition coefficient (Wildman–Crippen LogP) is -0.234. The molecule has 0 spiro atoms. The normalized spacial score (nSPS) is 9.44. The van der Waals surface area contributed by atoms with Crippen molar-refractivity contribution in [3.05, 3.63) is 17.8 Å². The molecule has 1 heterocycles. The van der Waals surface area contributed by atoms with E-state index in [1.807, 2.05) is 6.92 Å². The van der Waals surface area contributed by atoms with Crippen molar-refractivity contribution in [2.75, 3.05) is 5.73 Å². The fourth-order valence-electron chi connectivity index (χ4n) is 0.591. The number of hydrogen-bond donors (Lipinski definition) is 1. The first-order chi connectivity index (χ1) is 4.20. The van der Waals surface area contributed by atoms with Gasteiger partial charge in [0.05, 0.1) is 11.4 Å². The summed E-state index contributed by atoms with van der Waals surface area (Å²) in [6, 6.07) is 3.43. The minimum Gasteiger partial charge on any atom is -0.397 e. The summed E-state index contributed by atoms with van der Waals surface area (Å²) in [7, 11) is 5.36. The van der Waals surface area contributed by atoms with Crippen molar-refractivity contribution in [1.82, 2.24) is 4.98 Å². The van der Waals surface area contributed by atoms with Gasteiger partial charge in [0, 0.05) is 0 Å². The number of aromatic nitrogens is 1. The molecule has 0 atom stereocenters. The molecule has 2 nitrogen and oxygen atoms in total. The molecule has 0 fully saturated rings. The van der Waals surface area contributed by atoms with Gasteiger partial charge in [0.15, 0.2) is 0 Å². The predicted molar refractivity (Wildman–Crippen MR) is 38.8 cm³/mol. The Morgan fingerprint density at radius 2 is 2.22 bits per heavy atom. The van der Waals surface area contributed by atoms with Gasteiger partial charge in [0.25, 0.3) is 0 Å². The summed E-state index contributed by atoms with van der Waals surface area (Å²) < 4.78 is 0. The highest BCUT2D eigenvalue weighted by Crippen LogP contribution is 2.01. The smallest absolute Gasteiger partial charge is 0.141 e. The van der Waals surface area contributed by atoms with Crippen molar-refractivity contribution in [3.63, 3.8) is 0 Å². The Bertz CT molecular complexity index is 222. The number of nitrogens with two attached hydrogens (primary N) is 1. The molecular formula is C6H7BN2. The van der Waals surface area contributed by atoms with Crippen LogP contribution in [0.15, 0.2) is 12.1 Å². The Kier molecular flexibility index (Phi) is 1.43. The summed E-state index contributed by atoms with van der Waals surface area (Å²) in [6.45, 7) is 1.83. The minimum atomic E-state index is 0.515. The van der Waals surface area contributed by atoms with Gasteiger partial charge in [0.1, 0.15) is 7.85 Å². The average molecular weight is 118 g/mol.